The van der Waals surface area contributed by atoms with Gasteiger partial charge in [-0.2, -0.15) is 4.99 Å². The summed E-state index contributed by atoms with van der Waals surface area (Å²) in [6, 6.07) is 1.81. The summed E-state index contributed by atoms with van der Waals surface area (Å²) in [7, 11) is 0. The Morgan fingerprint density at radius 1 is 1.55 bits per heavy atom. The van der Waals surface area contributed by atoms with E-state index in [1.54, 1.807) is 6.20 Å². The minimum Gasteiger partial charge on any atom is -0.259 e. The second-order valence-corrected chi connectivity index (χ2v) is 2.26. The van der Waals surface area contributed by atoms with Gasteiger partial charge in [0.1, 0.15) is 5.69 Å². The van der Waals surface area contributed by atoms with E-state index in [9.17, 15) is 4.79 Å². The SMILES string of the molecule is Cc1ccnc(C)c1N=C=O. The quantitative estimate of drug-likeness (QED) is 0.449. The molecule has 0 spiro atoms. The van der Waals surface area contributed by atoms with Crippen molar-refractivity contribution >= 4 is 11.8 Å². The Morgan fingerprint density at radius 2 is 2.27 bits per heavy atom. The fourth-order valence-corrected chi connectivity index (χ4v) is 0.901. The van der Waals surface area contributed by atoms with Gasteiger partial charge in [-0.3, -0.25) is 4.98 Å². The third kappa shape index (κ3) is 1.51. The fraction of sp³-hybridized carbons (Fsp3) is 0.250. The molecule has 1 aromatic rings. The Balaban J connectivity index is 3.31. The number of aliphatic imine (C=N–C) groups is 1. The zero-order valence-electron chi connectivity index (χ0n) is 6.46. The van der Waals surface area contributed by atoms with Crippen molar-refractivity contribution in [2.75, 3.05) is 0 Å². The number of nitrogens with zero attached hydrogens (tertiary/aromatic N) is 2. The van der Waals surface area contributed by atoms with E-state index in [4.69, 9.17) is 0 Å². The Morgan fingerprint density at radius 3 is 2.82 bits per heavy atom. The number of isocyanates is 1. The molecule has 0 aliphatic carbocycles. The van der Waals surface area contributed by atoms with Gasteiger partial charge in [-0.1, -0.05) is 0 Å². The van der Waals surface area contributed by atoms with Crippen LogP contribution in [0.25, 0.3) is 0 Å². The largest absolute Gasteiger partial charge is 0.259 e. The lowest BCUT2D eigenvalue weighted by atomic mass is 10.2. The van der Waals surface area contributed by atoms with Crippen LogP contribution in [0.3, 0.4) is 0 Å². The molecule has 3 nitrogen and oxygen atoms in total. The number of rotatable bonds is 1. The van der Waals surface area contributed by atoms with E-state index in [1.807, 2.05) is 19.9 Å². The molecule has 0 aliphatic heterocycles. The second kappa shape index (κ2) is 3.08. The minimum atomic E-state index is 0.627. The lowest BCUT2D eigenvalue weighted by Gasteiger charge is -1.98. The van der Waals surface area contributed by atoms with Crippen molar-refractivity contribution in [2.45, 2.75) is 13.8 Å². The predicted molar refractivity (Wildman–Crippen MR) is 41.5 cm³/mol. The molecular weight excluding hydrogens is 140 g/mol. The summed E-state index contributed by atoms with van der Waals surface area (Å²) in [5.74, 6) is 0. The van der Waals surface area contributed by atoms with Gasteiger partial charge >= 0.3 is 0 Å². The molecule has 56 valence electrons. The van der Waals surface area contributed by atoms with Crippen molar-refractivity contribution in [2.24, 2.45) is 4.99 Å². The molecule has 0 saturated carbocycles. The summed E-state index contributed by atoms with van der Waals surface area (Å²) < 4.78 is 0. The summed E-state index contributed by atoms with van der Waals surface area (Å²) in [6.45, 7) is 3.69. The maximum absolute atomic E-state index is 9.96. The molecule has 0 N–H and O–H groups in total. The van der Waals surface area contributed by atoms with Crippen LogP contribution < -0.4 is 0 Å². The number of aromatic nitrogens is 1. The summed E-state index contributed by atoms with van der Waals surface area (Å²) in [5, 5.41) is 0. The molecule has 0 aromatic carbocycles. The molecule has 1 aromatic heterocycles. The average Bonchev–Trinajstić information content (AvgIpc) is 1.97. The van der Waals surface area contributed by atoms with Crippen LogP contribution in [-0.4, -0.2) is 11.1 Å². The van der Waals surface area contributed by atoms with Gasteiger partial charge in [0.15, 0.2) is 0 Å². The van der Waals surface area contributed by atoms with Gasteiger partial charge in [-0.25, -0.2) is 4.79 Å². The molecule has 0 radical (unpaired) electrons. The number of aryl methyl sites for hydroxylation is 2. The minimum absolute atomic E-state index is 0.627. The average molecular weight is 148 g/mol. The standard InChI is InChI=1S/C8H8N2O/c1-6-3-4-9-7(2)8(6)10-5-11/h3-4H,1-2H3. The van der Waals surface area contributed by atoms with Crippen LogP contribution in [0.1, 0.15) is 11.3 Å². The molecule has 0 unspecified atom stereocenters. The third-order valence-electron chi connectivity index (χ3n) is 1.47. The zero-order chi connectivity index (χ0) is 8.27. The maximum Gasteiger partial charge on any atom is 0.240 e. The molecule has 0 aliphatic rings. The molecule has 0 fully saturated rings. The third-order valence-corrected chi connectivity index (χ3v) is 1.47. The Kier molecular flexibility index (Phi) is 2.14. The zero-order valence-corrected chi connectivity index (χ0v) is 6.46. The number of carbonyl (C=O) groups excluding carboxylic acids is 1. The van der Waals surface area contributed by atoms with Crippen LogP contribution in [0, 0.1) is 13.8 Å². The molecule has 1 rings (SSSR count). The first-order valence-corrected chi connectivity index (χ1v) is 3.26. The fourth-order valence-electron chi connectivity index (χ4n) is 0.901. The van der Waals surface area contributed by atoms with Crippen LogP contribution in [0.4, 0.5) is 5.69 Å². The van der Waals surface area contributed by atoms with Crippen LogP contribution in [-0.2, 0) is 4.79 Å². The number of hydrogen-bond donors (Lipinski definition) is 0. The molecule has 0 amide bonds. The van der Waals surface area contributed by atoms with E-state index in [0.29, 0.717) is 5.69 Å². The van der Waals surface area contributed by atoms with E-state index in [-0.39, 0.29) is 0 Å². The van der Waals surface area contributed by atoms with E-state index < -0.39 is 0 Å². The molecule has 0 saturated heterocycles. The molecule has 0 bridgehead atoms. The first-order chi connectivity index (χ1) is 5.25. The van der Waals surface area contributed by atoms with E-state index in [1.165, 1.54) is 6.08 Å². The van der Waals surface area contributed by atoms with Crippen LogP contribution >= 0.6 is 0 Å². The molecule has 11 heavy (non-hydrogen) atoms. The first-order valence-electron chi connectivity index (χ1n) is 3.26. The molecule has 1 heterocycles. The number of pyridine rings is 1. The molecule has 0 atom stereocenters. The summed E-state index contributed by atoms with van der Waals surface area (Å²) in [4.78, 5) is 17.5. The highest BCUT2D eigenvalue weighted by molar-refractivity contribution is 5.55. The Bertz CT molecular complexity index is 294. The maximum atomic E-state index is 9.96. The summed E-state index contributed by atoms with van der Waals surface area (Å²) >= 11 is 0. The highest BCUT2D eigenvalue weighted by atomic mass is 16.1. The van der Waals surface area contributed by atoms with Gasteiger partial charge < -0.3 is 0 Å². The Hall–Kier alpha value is -1.47. The van der Waals surface area contributed by atoms with Crippen LogP contribution in [0.15, 0.2) is 17.3 Å². The second-order valence-electron chi connectivity index (χ2n) is 2.26. The first kappa shape index (κ1) is 7.63. The number of hydrogen-bond acceptors (Lipinski definition) is 3. The van der Waals surface area contributed by atoms with Gasteiger partial charge in [-0.15, -0.1) is 0 Å². The normalized spacial score (nSPS) is 8.91. The van der Waals surface area contributed by atoms with E-state index in [2.05, 4.69) is 9.98 Å². The summed E-state index contributed by atoms with van der Waals surface area (Å²) in [5.41, 5.74) is 2.33. The lowest BCUT2D eigenvalue weighted by molar-refractivity contribution is 0.565. The highest BCUT2D eigenvalue weighted by Gasteiger charge is 1.99. The van der Waals surface area contributed by atoms with Crippen molar-refractivity contribution < 1.29 is 4.79 Å². The predicted octanol–water partition coefficient (Wildman–Crippen LogP) is 1.67. The van der Waals surface area contributed by atoms with Gasteiger partial charge in [0, 0.05) is 6.20 Å². The van der Waals surface area contributed by atoms with Crippen molar-refractivity contribution in [1.29, 1.82) is 0 Å². The van der Waals surface area contributed by atoms with Crippen LogP contribution in [0.2, 0.25) is 0 Å². The monoisotopic (exact) mass is 148 g/mol. The highest BCUT2D eigenvalue weighted by Crippen LogP contribution is 2.19. The van der Waals surface area contributed by atoms with E-state index in [0.717, 1.165) is 11.3 Å². The smallest absolute Gasteiger partial charge is 0.240 e. The topological polar surface area (TPSA) is 42.3 Å². The Labute approximate surface area is 64.8 Å². The van der Waals surface area contributed by atoms with Gasteiger partial charge in [0.05, 0.1) is 5.69 Å². The van der Waals surface area contributed by atoms with Crippen molar-refractivity contribution in [1.82, 2.24) is 4.98 Å². The molecule has 3 heteroatoms. The van der Waals surface area contributed by atoms with Gasteiger partial charge in [-0.05, 0) is 25.5 Å². The van der Waals surface area contributed by atoms with Crippen molar-refractivity contribution in [3.63, 3.8) is 0 Å². The van der Waals surface area contributed by atoms with Gasteiger partial charge in [0.25, 0.3) is 0 Å². The van der Waals surface area contributed by atoms with Crippen molar-refractivity contribution in [3.8, 4) is 0 Å². The molecular formula is C8H8N2O. The van der Waals surface area contributed by atoms with Crippen LogP contribution in [0.5, 0.6) is 0 Å². The lowest BCUT2D eigenvalue weighted by Crippen LogP contribution is -1.83. The van der Waals surface area contributed by atoms with Gasteiger partial charge in [0.2, 0.25) is 6.08 Å². The van der Waals surface area contributed by atoms with E-state index >= 15 is 0 Å². The summed E-state index contributed by atoms with van der Waals surface area (Å²) in [6.07, 6.45) is 3.19. The van der Waals surface area contributed by atoms with Crippen molar-refractivity contribution in [3.05, 3.63) is 23.5 Å².